The summed E-state index contributed by atoms with van der Waals surface area (Å²) in [6, 6.07) is 0.0218. The van der Waals surface area contributed by atoms with E-state index < -0.39 is 11.8 Å². The highest BCUT2D eigenvalue weighted by molar-refractivity contribution is 5.90. The van der Waals surface area contributed by atoms with Gasteiger partial charge in [0.25, 0.3) is 0 Å². The SMILES string of the molecule is NC(=O)CN(CC(N)=O)C(=O)C1CCC2CCCCC2N1. The molecule has 1 heterocycles. The third-order valence-corrected chi connectivity index (χ3v) is 4.45. The number of amides is 3. The van der Waals surface area contributed by atoms with Crippen molar-refractivity contribution in [3.8, 4) is 0 Å². The molecular formula is C14H24N4O3. The summed E-state index contributed by atoms with van der Waals surface area (Å²) in [7, 11) is 0. The van der Waals surface area contributed by atoms with Gasteiger partial charge >= 0.3 is 0 Å². The normalized spacial score (nSPS) is 28.5. The molecule has 21 heavy (non-hydrogen) atoms. The maximum Gasteiger partial charge on any atom is 0.240 e. The van der Waals surface area contributed by atoms with E-state index in [0.29, 0.717) is 12.0 Å². The molecule has 7 heteroatoms. The Labute approximate surface area is 124 Å². The van der Waals surface area contributed by atoms with Gasteiger partial charge in [0.15, 0.2) is 0 Å². The fourth-order valence-corrected chi connectivity index (χ4v) is 3.50. The van der Waals surface area contributed by atoms with Gasteiger partial charge < -0.3 is 21.7 Å². The predicted octanol–water partition coefficient (Wildman–Crippen LogP) is -0.904. The number of hydrogen-bond acceptors (Lipinski definition) is 4. The van der Waals surface area contributed by atoms with Gasteiger partial charge in [0.2, 0.25) is 17.7 Å². The molecule has 0 spiro atoms. The molecule has 2 fully saturated rings. The van der Waals surface area contributed by atoms with Crippen molar-refractivity contribution in [3.05, 3.63) is 0 Å². The van der Waals surface area contributed by atoms with Crippen LogP contribution in [0, 0.1) is 5.92 Å². The molecule has 118 valence electrons. The summed E-state index contributed by atoms with van der Waals surface area (Å²) in [5.74, 6) is -0.896. The first-order valence-corrected chi connectivity index (χ1v) is 7.59. The maximum absolute atomic E-state index is 12.5. The van der Waals surface area contributed by atoms with Crippen LogP contribution in [0.5, 0.6) is 0 Å². The van der Waals surface area contributed by atoms with Crippen molar-refractivity contribution in [2.75, 3.05) is 13.1 Å². The smallest absolute Gasteiger partial charge is 0.240 e. The monoisotopic (exact) mass is 296 g/mol. The number of rotatable bonds is 5. The van der Waals surface area contributed by atoms with E-state index in [1.54, 1.807) is 0 Å². The molecule has 1 aliphatic carbocycles. The van der Waals surface area contributed by atoms with Crippen LogP contribution >= 0.6 is 0 Å². The van der Waals surface area contributed by atoms with Crippen LogP contribution in [0.25, 0.3) is 0 Å². The largest absolute Gasteiger partial charge is 0.368 e. The Kier molecular flexibility index (Phi) is 5.17. The van der Waals surface area contributed by atoms with Gasteiger partial charge in [0.1, 0.15) is 0 Å². The van der Waals surface area contributed by atoms with E-state index in [9.17, 15) is 14.4 Å². The summed E-state index contributed by atoms with van der Waals surface area (Å²) < 4.78 is 0. The van der Waals surface area contributed by atoms with Crippen molar-refractivity contribution in [3.63, 3.8) is 0 Å². The Morgan fingerprint density at radius 2 is 1.57 bits per heavy atom. The molecule has 2 rings (SSSR count). The first kappa shape index (κ1) is 15.8. The van der Waals surface area contributed by atoms with Crippen LogP contribution in [-0.4, -0.2) is 47.8 Å². The molecule has 0 radical (unpaired) electrons. The lowest BCUT2D eigenvalue weighted by Gasteiger charge is -2.41. The lowest BCUT2D eigenvalue weighted by Crippen LogP contribution is -2.57. The Bertz CT molecular complexity index is 410. The van der Waals surface area contributed by atoms with Crippen LogP contribution in [0.15, 0.2) is 0 Å². The summed E-state index contributed by atoms with van der Waals surface area (Å²) in [4.78, 5) is 35.8. The van der Waals surface area contributed by atoms with Crippen LogP contribution in [0.2, 0.25) is 0 Å². The predicted molar refractivity (Wildman–Crippen MR) is 76.9 cm³/mol. The van der Waals surface area contributed by atoms with E-state index in [-0.39, 0.29) is 25.0 Å². The lowest BCUT2D eigenvalue weighted by molar-refractivity contribution is -0.140. The minimum Gasteiger partial charge on any atom is -0.368 e. The van der Waals surface area contributed by atoms with Gasteiger partial charge in [-0.3, -0.25) is 14.4 Å². The molecule has 1 saturated heterocycles. The Morgan fingerprint density at radius 1 is 0.952 bits per heavy atom. The van der Waals surface area contributed by atoms with E-state index in [4.69, 9.17) is 11.5 Å². The van der Waals surface area contributed by atoms with Gasteiger partial charge in [-0.25, -0.2) is 0 Å². The summed E-state index contributed by atoms with van der Waals surface area (Å²) in [6.07, 6.45) is 6.48. The average Bonchev–Trinajstić information content (AvgIpc) is 2.44. The van der Waals surface area contributed by atoms with Crippen molar-refractivity contribution in [2.45, 2.75) is 50.6 Å². The Morgan fingerprint density at radius 3 is 2.19 bits per heavy atom. The van der Waals surface area contributed by atoms with Crippen molar-refractivity contribution in [2.24, 2.45) is 17.4 Å². The van der Waals surface area contributed by atoms with Gasteiger partial charge in [-0.2, -0.15) is 0 Å². The molecule has 0 aromatic heterocycles. The fourth-order valence-electron chi connectivity index (χ4n) is 3.50. The van der Waals surface area contributed by atoms with Gasteiger partial charge in [0.05, 0.1) is 19.1 Å². The molecule has 1 saturated carbocycles. The van der Waals surface area contributed by atoms with Crippen molar-refractivity contribution in [1.29, 1.82) is 0 Å². The molecule has 7 nitrogen and oxygen atoms in total. The maximum atomic E-state index is 12.5. The minimum atomic E-state index is -0.643. The average molecular weight is 296 g/mol. The number of nitrogens with two attached hydrogens (primary N) is 2. The summed E-state index contributed by atoms with van der Waals surface area (Å²) in [5.41, 5.74) is 10.3. The number of fused-ring (bicyclic) bond motifs is 1. The van der Waals surface area contributed by atoms with Crippen LogP contribution in [0.1, 0.15) is 38.5 Å². The number of carbonyl (C=O) groups is 3. The van der Waals surface area contributed by atoms with Gasteiger partial charge in [0, 0.05) is 6.04 Å². The lowest BCUT2D eigenvalue weighted by atomic mass is 9.77. The quantitative estimate of drug-likeness (QED) is 0.609. The molecule has 3 unspecified atom stereocenters. The number of primary amides is 2. The zero-order chi connectivity index (χ0) is 15.4. The van der Waals surface area contributed by atoms with E-state index >= 15 is 0 Å². The number of carbonyl (C=O) groups excluding carboxylic acids is 3. The summed E-state index contributed by atoms with van der Waals surface area (Å²) >= 11 is 0. The Balaban J connectivity index is 1.99. The van der Waals surface area contributed by atoms with Crippen LogP contribution < -0.4 is 16.8 Å². The number of piperidine rings is 1. The van der Waals surface area contributed by atoms with Crippen LogP contribution in [-0.2, 0) is 14.4 Å². The molecule has 0 bridgehead atoms. The van der Waals surface area contributed by atoms with E-state index in [1.807, 2.05) is 0 Å². The molecule has 1 aliphatic heterocycles. The summed E-state index contributed by atoms with van der Waals surface area (Å²) in [6.45, 7) is -0.540. The molecule has 0 aromatic carbocycles. The van der Waals surface area contributed by atoms with Crippen molar-refractivity contribution >= 4 is 17.7 Å². The highest BCUT2D eigenvalue weighted by Crippen LogP contribution is 2.32. The van der Waals surface area contributed by atoms with E-state index in [0.717, 1.165) is 24.2 Å². The first-order valence-electron chi connectivity index (χ1n) is 7.59. The molecule has 5 N–H and O–H groups in total. The van der Waals surface area contributed by atoms with Gasteiger partial charge in [-0.15, -0.1) is 0 Å². The van der Waals surface area contributed by atoms with Gasteiger partial charge in [-0.1, -0.05) is 12.8 Å². The third kappa shape index (κ3) is 4.17. The van der Waals surface area contributed by atoms with Crippen molar-refractivity contribution < 1.29 is 14.4 Å². The van der Waals surface area contributed by atoms with E-state index in [1.165, 1.54) is 19.3 Å². The molecular weight excluding hydrogens is 272 g/mol. The zero-order valence-corrected chi connectivity index (χ0v) is 12.2. The molecule has 3 atom stereocenters. The highest BCUT2D eigenvalue weighted by atomic mass is 16.2. The topological polar surface area (TPSA) is 119 Å². The Hall–Kier alpha value is -1.63. The summed E-state index contributed by atoms with van der Waals surface area (Å²) in [5, 5.41) is 3.39. The number of nitrogens with one attached hydrogen (secondary N) is 1. The van der Waals surface area contributed by atoms with Crippen molar-refractivity contribution in [1.82, 2.24) is 10.2 Å². The molecule has 2 aliphatic rings. The number of hydrogen-bond donors (Lipinski definition) is 3. The second-order valence-electron chi connectivity index (χ2n) is 6.07. The zero-order valence-electron chi connectivity index (χ0n) is 12.2. The van der Waals surface area contributed by atoms with Crippen LogP contribution in [0.3, 0.4) is 0 Å². The second-order valence-corrected chi connectivity index (χ2v) is 6.07. The number of nitrogens with zero attached hydrogens (tertiary/aromatic N) is 1. The molecule has 0 aromatic rings. The first-order chi connectivity index (χ1) is 9.97. The standard InChI is InChI=1S/C14H24N4O3/c15-12(19)7-18(8-13(16)20)14(21)11-6-5-9-3-1-2-4-10(9)17-11/h9-11,17H,1-8H2,(H2,15,19)(H2,16,20). The van der Waals surface area contributed by atoms with Gasteiger partial charge in [-0.05, 0) is 31.6 Å². The molecule has 3 amide bonds. The van der Waals surface area contributed by atoms with Crippen LogP contribution in [0.4, 0.5) is 0 Å². The third-order valence-electron chi connectivity index (χ3n) is 4.45. The highest BCUT2D eigenvalue weighted by Gasteiger charge is 2.36. The minimum absolute atomic E-state index is 0.253. The second kappa shape index (κ2) is 6.89. The van der Waals surface area contributed by atoms with E-state index in [2.05, 4.69) is 5.32 Å². The fraction of sp³-hybridized carbons (Fsp3) is 0.786.